The molecule has 4 rings (SSSR count). The maximum Gasteiger partial charge on any atom is 0.120 e. The van der Waals surface area contributed by atoms with Gasteiger partial charge in [-0.05, 0) is 18.9 Å². The van der Waals surface area contributed by atoms with Gasteiger partial charge in [-0.15, -0.1) is 10.7 Å². The van der Waals surface area contributed by atoms with E-state index in [-0.39, 0.29) is 23.4 Å². The second kappa shape index (κ2) is 3.89. The van der Waals surface area contributed by atoms with Crippen molar-refractivity contribution in [1.29, 1.82) is 0 Å². The molecule has 3 fully saturated rings. The zero-order chi connectivity index (χ0) is 12.3. The van der Waals surface area contributed by atoms with Crippen molar-refractivity contribution < 1.29 is 5.17 Å². The summed E-state index contributed by atoms with van der Waals surface area (Å²) in [6.07, 6.45) is 8.50. The Kier molecular flexibility index (Phi) is 2.41. The van der Waals surface area contributed by atoms with E-state index in [0.29, 0.717) is 5.92 Å². The van der Waals surface area contributed by atoms with Gasteiger partial charge in [-0.1, -0.05) is 11.5 Å². The van der Waals surface area contributed by atoms with Gasteiger partial charge >= 0.3 is 0 Å². The highest BCUT2D eigenvalue weighted by atomic mass is 16.6. The van der Waals surface area contributed by atoms with Gasteiger partial charge in [0.15, 0.2) is 0 Å². The Morgan fingerprint density at radius 3 is 3.06 bits per heavy atom. The zero-order valence-corrected chi connectivity index (χ0v) is 10.3. The van der Waals surface area contributed by atoms with Gasteiger partial charge in [0.05, 0.1) is 6.54 Å². The SMILES string of the molecule is NC1C2C3CCCCC3[NH+]([O-])N2NN2CC=CN12. The lowest BCUT2D eigenvalue weighted by atomic mass is 9.80. The second-order valence-corrected chi connectivity index (χ2v) is 5.69. The first-order valence-corrected chi connectivity index (χ1v) is 6.85. The van der Waals surface area contributed by atoms with Crippen molar-refractivity contribution in [2.75, 3.05) is 6.54 Å². The van der Waals surface area contributed by atoms with E-state index < -0.39 is 0 Å². The van der Waals surface area contributed by atoms with Gasteiger partial charge in [0, 0.05) is 18.5 Å². The Bertz CT molecular complexity index is 377. The summed E-state index contributed by atoms with van der Waals surface area (Å²) in [5, 5.41) is 18.4. The number of nitrogens with zero attached hydrogens (tertiary/aromatic N) is 3. The Hall–Kier alpha value is -0.700. The van der Waals surface area contributed by atoms with Crippen LogP contribution in [0.2, 0.25) is 0 Å². The maximum absolute atomic E-state index is 12.5. The third-order valence-corrected chi connectivity index (χ3v) is 4.80. The molecule has 0 spiro atoms. The van der Waals surface area contributed by atoms with Crippen LogP contribution in [0.15, 0.2) is 12.3 Å². The lowest BCUT2D eigenvalue weighted by molar-refractivity contribution is -0.995. The van der Waals surface area contributed by atoms with E-state index in [9.17, 15) is 5.21 Å². The first kappa shape index (κ1) is 11.2. The number of hydrogen-bond donors (Lipinski definition) is 3. The Labute approximate surface area is 106 Å². The molecule has 4 N–H and O–H groups in total. The van der Waals surface area contributed by atoms with E-state index in [1.54, 1.807) is 5.12 Å². The molecule has 0 aromatic carbocycles. The molecule has 5 unspecified atom stereocenters. The van der Waals surface area contributed by atoms with Gasteiger partial charge in [0.2, 0.25) is 0 Å². The average molecular weight is 252 g/mol. The topological polar surface area (TPSA) is 75.3 Å². The Balaban J connectivity index is 1.66. The fourth-order valence-corrected chi connectivity index (χ4v) is 3.98. The van der Waals surface area contributed by atoms with Gasteiger partial charge in [-0.2, -0.15) is 0 Å². The second-order valence-electron chi connectivity index (χ2n) is 5.69. The minimum absolute atomic E-state index is 0.113. The highest BCUT2D eigenvalue weighted by molar-refractivity contribution is 5.01. The molecule has 0 radical (unpaired) electrons. The van der Waals surface area contributed by atoms with Crippen LogP contribution in [0.1, 0.15) is 25.7 Å². The number of quaternary nitrogens is 1. The lowest BCUT2D eigenvalue weighted by Crippen LogP contribution is -3.18. The van der Waals surface area contributed by atoms with Crippen LogP contribution in [-0.2, 0) is 0 Å². The van der Waals surface area contributed by atoms with Crippen LogP contribution >= 0.6 is 0 Å². The number of hydrazine groups is 3. The number of nitrogens with two attached hydrogens (primary N) is 1. The number of rotatable bonds is 0. The van der Waals surface area contributed by atoms with E-state index >= 15 is 0 Å². The summed E-state index contributed by atoms with van der Waals surface area (Å²) in [6, 6.07) is 0.300. The summed E-state index contributed by atoms with van der Waals surface area (Å²) in [5.41, 5.74) is 9.59. The summed E-state index contributed by atoms with van der Waals surface area (Å²) in [5.74, 6) is 0.421. The van der Waals surface area contributed by atoms with Crippen molar-refractivity contribution in [2.45, 2.75) is 43.9 Å². The lowest BCUT2D eigenvalue weighted by Gasteiger charge is -2.47. The molecule has 3 aliphatic heterocycles. The van der Waals surface area contributed by atoms with Gasteiger partial charge < -0.3 is 10.9 Å². The van der Waals surface area contributed by atoms with Crippen molar-refractivity contribution in [3.63, 3.8) is 0 Å². The first-order valence-electron chi connectivity index (χ1n) is 6.85. The fourth-order valence-electron chi connectivity index (χ4n) is 3.98. The predicted molar refractivity (Wildman–Crippen MR) is 64.5 cm³/mol. The van der Waals surface area contributed by atoms with Crippen molar-refractivity contribution in [1.82, 2.24) is 20.8 Å². The molecule has 0 aromatic heterocycles. The zero-order valence-electron chi connectivity index (χ0n) is 10.3. The standard InChI is InChI=1S/C11H20N6O/c12-11-10-8-4-1-2-5-9(8)17(18)16(10)13-15-7-3-6-14(11)15/h3,6,8-11,13,17H,1-2,4-5,7,12H2. The smallest absolute Gasteiger partial charge is 0.120 e. The average Bonchev–Trinajstić information content (AvgIpc) is 2.96. The minimum Gasteiger partial charge on any atom is -0.612 e. The number of fused-ring (bicyclic) bond motifs is 4. The van der Waals surface area contributed by atoms with Gasteiger partial charge in [-0.25, -0.2) is 0 Å². The summed E-state index contributed by atoms with van der Waals surface area (Å²) in [7, 11) is 0. The molecule has 5 atom stereocenters. The molecule has 7 nitrogen and oxygen atoms in total. The van der Waals surface area contributed by atoms with Crippen LogP contribution in [0.25, 0.3) is 0 Å². The minimum atomic E-state index is -0.123. The Morgan fingerprint density at radius 2 is 2.17 bits per heavy atom. The van der Waals surface area contributed by atoms with E-state index in [4.69, 9.17) is 5.73 Å². The molecule has 7 heteroatoms. The molecule has 1 saturated carbocycles. The highest BCUT2D eigenvalue weighted by Gasteiger charge is 2.56. The largest absolute Gasteiger partial charge is 0.612 e. The van der Waals surface area contributed by atoms with Crippen LogP contribution in [-0.4, -0.2) is 40.0 Å². The quantitative estimate of drug-likeness (QED) is 0.446. The first-order chi connectivity index (χ1) is 8.77. The van der Waals surface area contributed by atoms with Crippen LogP contribution < -0.4 is 16.4 Å². The predicted octanol–water partition coefficient (Wildman–Crippen LogP) is -1.71. The molecular weight excluding hydrogens is 232 g/mol. The van der Waals surface area contributed by atoms with Crippen LogP contribution in [0.4, 0.5) is 0 Å². The van der Waals surface area contributed by atoms with Crippen LogP contribution in [0, 0.1) is 11.1 Å². The molecule has 0 bridgehead atoms. The van der Waals surface area contributed by atoms with Crippen LogP contribution in [0.3, 0.4) is 0 Å². The van der Waals surface area contributed by atoms with E-state index in [1.807, 2.05) is 16.3 Å². The highest BCUT2D eigenvalue weighted by Crippen LogP contribution is 2.34. The number of hydrogen-bond acceptors (Lipinski definition) is 6. The summed E-state index contributed by atoms with van der Waals surface area (Å²) in [6.45, 7) is 0.763. The molecule has 18 heavy (non-hydrogen) atoms. The summed E-state index contributed by atoms with van der Waals surface area (Å²) >= 11 is 0. The van der Waals surface area contributed by atoms with Crippen LogP contribution in [0.5, 0.6) is 0 Å². The summed E-state index contributed by atoms with van der Waals surface area (Å²) < 4.78 is 0. The van der Waals surface area contributed by atoms with Crippen molar-refractivity contribution in [3.05, 3.63) is 17.5 Å². The molecule has 4 aliphatic rings. The van der Waals surface area contributed by atoms with E-state index in [0.717, 1.165) is 19.4 Å². The molecule has 0 aromatic rings. The number of hydroxylamine groups is 1. The van der Waals surface area contributed by atoms with Gasteiger partial charge in [0.1, 0.15) is 18.2 Å². The monoisotopic (exact) mass is 252 g/mol. The normalized spacial score (nSPS) is 48.1. The van der Waals surface area contributed by atoms with Crippen molar-refractivity contribution >= 4 is 0 Å². The molecule has 0 amide bonds. The molecular formula is C11H20N6O. The van der Waals surface area contributed by atoms with Gasteiger partial charge in [0.25, 0.3) is 0 Å². The number of nitrogens with one attached hydrogen (secondary N) is 2. The maximum atomic E-state index is 12.5. The van der Waals surface area contributed by atoms with E-state index in [1.165, 1.54) is 12.8 Å². The third kappa shape index (κ3) is 1.34. The summed E-state index contributed by atoms with van der Waals surface area (Å²) in [4.78, 5) is 0. The van der Waals surface area contributed by atoms with E-state index in [2.05, 4.69) is 11.6 Å². The van der Waals surface area contributed by atoms with Gasteiger partial charge in [-0.3, -0.25) is 10.2 Å². The molecule has 2 saturated heterocycles. The molecule has 100 valence electrons. The van der Waals surface area contributed by atoms with Crippen molar-refractivity contribution in [3.8, 4) is 0 Å². The Morgan fingerprint density at radius 1 is 1.33 bits per heavy atom. The molecule has 3 heterocycles. The molecule has 1 aliphatic carbocycles. The third-order valence-electron chi connectivity index (χ3n) is 4.80. The fraction of sp³-hybridized carbons (Fsp3) is 0.818. The van der Waals surface area contributed by atoms with Crippen molar-refractivity contribution in [2.24, 2.45) is 11.7 Å².